The van der Waals surface area contributed by atoms with Gasteiger partial charge in [0, 0.05) is 17.1 Å². The second kappa shape index (κ2) is 9.52. The fourth-order valence-corrected chi connectivity index (χ4v) is 3.47. The summed E-state index contributed by atoms with van der Waals surface area (Å²) < 4.78 is 5.38. The van der Waals surface area contributed by atoms with Gasteiger partial charge in [-0.25, -0.2) is 0 Å². The molecule has 0 spiro atoms. The first-order valence-corrected chi connectivity index (χ1v) is 10.9. The molecule has 0 unspecified atom stereocenters. The number of carbonyl (C=O) groups is 1. The Kier molecular flexibility index (Phi) is 6.37. The zero-order chi connectivity index (χ0) is 22.5. The van der Waals surface area contributed by atoms with E-state index in [0.717, 1.165) is 28.2 Å². The third-order valence-electron chi connectivity index (χ3n) is 5.31. The summed E-state index contributed by atoms with van der Waals surface area (Å²) >= 11 is 0. The molecule has 3 heteroatoms. The van der Waals surface area contributed by atoms with Gasteiger partial charge in [0.05, 0.1) is 5.92 Å². The van der Waals surface area contributed by atoms with E-state index in [0.29, 0.717) is 5.75 Å². The van der Waals surface area contributed by atoms with Gasteiger partial charge in [0.2, 0.25) is 0 Å². The number of rotatable bonds is 6. The molecule has 0 fully saturated rings. The van der Waals surface area contributed by atoms with Crippen LogP contribution < -0.4 is 9.64 Å². The van der Waals surface area contributed by atoms with Crippen molar-refractivity contribution in [3.8, 4) is 16.9 Å². The lowest BCUT2D eigenvalue weighted by Crippen LogP contribution is -2.14. The highest BCUT2D eigenvalue weighted by Gasteiger charge is 2.13. The van der Waals surface area contributed by atoms with Crippen molar-refractivity contribution >= 4 is 23.0 Å². The lowest BCUT2D eigenvalue weighted by molar-refractivity contribution is -0.137. The van der Waals surface area contributed by atoms with E-state index in [2.05, 4.69) is 84.6 Å². The second-order valence-electron chi connectivity index (χ2n) is 8.15. The van der Waals surface area contributed by atoms with Crippen molar-refractivity contribution in [1.29, 1.82) is 0 Å². The molecule has 32 heavy (non-hydrogen) atoms. The smallest absolute Gasteiger partial charge is 0.313 e. The fraction of sp³-hybridized carbons (Fsp3) is 0.138. The van der Waals surface area contributed by atoms with E-state index >= 15 is 0 Å². The first-order valence-electron chi connectivity index (χ1n) is 10.9. The first kappa shape index (κ1) is 21.4. The van der Waals surface area contributed by atoms with Crippen molar-refractivity contribution in [3.05, 3.63) is 109 Å². The Morgan fingerprint density at radius 3 is 1.66 bits per heavy atom. The highest BCUT2D eigenvalue weighted by Crippen LogP contribution is 2.35. The van der Waals surface area contributed by atoms with Crippen LogP contribution in [-0.2, 0) is 4.79 Å². The van der Waals surface area contributed by atoms with Crippen LogP contribution in [-0.4, -0.2) is 5.97 Å². The molecule has 0 amide bonds. The van der Waals surface area contributed by atoms with Crippen molar-refractivity contribution in [1.82, 2.24) is 0 Å². The molecule has 0 aliphatic rings. The minimum Gasteiger partial charge on any atom is -0.426 e. The third-order valence-corrected chi connectivity index (χ3v) is 5.31. The van der Waals surface area contributed by atoms with E-state index < -0.39 is 0 Å². The molecule has 0 bridgehead atoms. The normalized spacial score (nSPS) is 10.8. The molecule has 0 aliphatic carbocycles. The molecule has 3 nitrogen and oxygen atoms in total. The predicted octanol–water partition coefficient (Wildman–Crippen LogP) is 7.69. The lowest BCUT2D eigenvalue weighted by Gasteiger charge is -2.25. The summed E-state index contributed by atoms with van der Waals surface area (Å²) in [5, 5.41) is 0. The van der Waals surface area contributed by atoms with Crippen molar-refractivity contribution in [2.24, 2.45) is 5.92 Å². The molecule has 4 aromatic rings. The number of esters is 1. The zero-order valence-corrected chi connectivity index (χ0v) is 18.7. The van der Waals surface area contributed by atoms with E-state index in [1.807, 2.05) is 44.2 Å². The topological polar surface area (TPSA) is 29.5 Å². The summed E-state index contributed by atoms with van der Waals surface area (Å²) in [6.07, 6.45) is 0. The molecular weight excluding hydrogens is 394 g/mol. The average Bonchev–Trinajstić information content (AvgIpc) is 2.82. The fourth-order valence-electron chi connectivity index (χ4n) is 3.47. The van der Waals surface area contributed by atoms with Gasteiger partial charge in [-0.15, -0.1) is 0 Å². The number of aryl methyl sites for hydroxylation is 1. The van der Waals surface area contributed by atoms with E-state index in [1.165, 1.54) is 5.56 Å². The van der Waals surface area contributed by atoms with E-state index in [9.17, 15) is 4.79 Å². The predicted molar refractivity (Wildman–Crippen MR) is 132 cm³/mol. The number of ether oxygens (including phenoxy) is 1. The van der Waals surface area contributed by atoms with Crippen LogP contribution in [0.5, 0.6) is 5.75 Å². The lowest BCUT2D eigenvalue weighted by atomic mass is 10.0. The van der Waals surface area contributed by atoms with Gasteiger partial charge in [0.15, 0.2) is 0 Å². The maximum absolute atomic E-state index is 11.8. The number of hydrogen-bond acceptors (Lipinski definition) is 3. The standard InChI is InChI=1S/C29H27NO2/c1-21(2)29(31)32-28-19-13-24(14-20-28)23-11-17-27(18-12-23)30(25-7-5-4-6-8-25)26-15-9-22(3)10-16-26/h4-21H,1-3H3. The number of nitrogens with zero attached hydrogens (tertiary/aromatic N) is 1. The molecule has 0 atom stereocenters. The van der Waals surface area contributed by atoms with Crippen LogP contribution in [0.15, 0.2) is 103 Å². The van der Waals surface area contributed by atoms with Gasteiger partial charge in [-0.05, 0) is 66.6 Å². The summed E-state index contributed by atoms with van der Waals surface area (Å²) in [6, 6.07) is 35.1. The highest BCUT2D eigenvalue weighted by molar-refractivity contribution is 5.78. The molecule has 0 aromatic heterocycles. The Bertz CT molecular complexity index is 1160. The number of benzene rings is 4. The van der Waals surface area contributed by atoms with Crippen LogP contribution in [0, 0.1) is 12.8 Å². The van der Waals surface area contributed by atoms with Crippen LogP contribution in [0.3, 0.4) is 0 Å². The average molecular weight is 422 g/mol. The van der Waals surface area contributed by atoms with Gasteiger partial charge >= 0.3 is 5.97 Å². The minimum absolute atomic E-state index is 0.150. The Morgan fingerprint density at radius 1 is 0.656 bits per heavy atom. The number of hydrogen-bond donors (Lipinski definition) is 0. The second-order valence-corrected chi connectivity index (χ2v) is 8.15. The summed E-state index contributed by atoms with van der Waals surface area (Å²) in [6.45, 7) is 5.75. The molecule has 0 heterocycles. The molecule has 0 saturated heterocycles. The maximum Gasteiger partial charge on any atom is 0.313 e. The van der Waals surface area contributed by atoms with Crippen LogP contribution in [0.25, 0.3) is 11.1 Å². The number of anilines is 3. The van der Waals surface area contributed by atoms with Gasteiger partial charge < -0.3 is 9.64 Å². The Labute approximate surface area is 189 Å². The first-order chi connectivity index (χ1) is 15.5. The van der Waals surface area contributed by atoms with Gasteiger partial charge in [-0.3, -0.25) is 4.79 Å². The maximum atomic E-state index is 11.8. The molecule has 0 radical (unpaired) electrons. The molecular formula is C29H27NO2. The molecule has 0 aliphatic heterocycles. The summed E-state index contributed by atoms with van der Waals surface area (Å²) in [5.41, 5.74) is 6.73. The van der Waals surface area contributed by atoms with Crippen molar-refractivity contribution in [2.45, 2.75) is 20.8 Å². The Morgan fingerprint density at radius 2 is 1.12 bits per heavy atom. The Hall–Kier alpha value is -3.85. The zero-order valence-electron chi connectivity index (χ0n) is 18.7. The monoisotopic (exact) mass is 421 g/mol. The summed E-state index contributed by atoms with van der Waals surface area (Å²) in [7, 11) is 0. The molecule has 4 rings (SSSR count). The van der Waals surface area contributed by atoms with Gasteiger partial charge in [-0.1, -0.05) is 74.0 Å². The van der Waals surface area contributed by atoms with Gasteiger partial charge in [-0.2, -0.15) is 0 Å². The summed E-state index contributed by atoms with van der Waals surface area (Å²) in [5.74, 6) is 0.196. The van der Waals surface area contributed by atoms with Crippen LogP contribution in [0.4, 0.5) is 17.1 Å². The van der Waals surface area contributed by atoms with Crippen LogP contribution in [0.1, 0.15) is 19.4 Å². The van der Waals surface area contributed by atoms with E-state index in [4.69, 9.17) is 4.74 Å². The Balaban J connectivity index is 1.61. The quantitative estimate of drug-likeness (QED) is 0.236. The highest BCUT2D eigenvalue weighted by atomic mass is 16.5. The van der Waals surface area contributed by atoms with E-state index in [1.54, 1.807) is 0 Å². The van der Waals surface area contributed by atoms with Crippen molar-refractivity contribution < 1.29 is 9.53 Å². The largest absolute Gasteiger partial charge is 0.426 e. The minimum atomic E-state index is -0.223. The van der Waals surface area contributed by atoms with E-state index in [-0.39, 0.29) is 11.9 Å². The van der Waals surface area contributed by atoms with Crippen LogP contribution in [0.2, 0.25) is 0 Å². The number of carbonyl (C=O) groups excluding carboxylic acids is 1. The molecule has 4 aromatic carbocycles. The van der Waals surface area contributed by atoms with Gasteiger partial charge in [0.25, 0.3) is 0 Å². The third kappa shape index (κ3) is 4.89. The number of para-hydroxylation sites is 1. The molecule has 0 saturated carbocycles. The van der Waals surface area contributed by atoms with Crippen molar-refractivity contribution in [3.63, 3.8) is 0 Å². The van der Waals surface area contributed by atoms with Crippen molar-refractivity contribution in [2.75, 3.05) is 4.90 Å². The SMILES string of the molecule is Cc1ccc(N(c2ccccc2)c2ccc(-c3ccc(OC(=O)C(C)C)cc3)cc2)cc1. The molecule has 0 N–H and O–H groups in total. The summed E-state index contributed by atoms with van der Waals surface area (Å²) in [4.78, 5) is 14.0. The van der Waals surface area contributed by atoms with Crippen LogP contribution >= 0.6 is 0 Å². The molecule has 160 valence electrons. The van der Waals surface area contributed by atoms with Gasteiger partial charge in [0.1, 0.15) is 5.75 Å².